The lowest BCUT2D eigenvalue weighted by Gasteiger charge is -2.24. The highest BCUT2D eigenvalue weighted by Crippen LogP contribution is 2.29. The molecule has 2 aliphatic rings. The van der Waals surface area contributed by atoms with Crippen molar-refractivity contribution in [3.05, 3.63) is 35.4 Å². The Morgan fingerprint density at radius 2 is 1.68 bits per heavy atom. The maximum Gasteiger partial charge on any atom is 0.325 e. The maximum absolute atomic E-state index is 12.9. The lowest BCUT2D eigenvalue weighted by Crippen LogP contribution is -2.44. The van der Waals surface area contributed by atoms with Crippen molar-refractivity contribution in [1.29, 1.82) is 0 Å². The highest BCUT2D eigenvalue weighted by Gasteiger charge is 2.49. The van der Waals surface area contributed by atoms with Crippen molar-refractivity contribution < 1.29 is 14.4 Å². The van der Waals surface area contributed by atoms with Crippen LogP contribution in [0, 0.1) is 6.92 Å². The Bertz CT molecular complexity index is 678. The number of rotatable bonds is 3. The molecule has 0 aromatic heterocycles. The SMILES string of the molecule is Cc1ccc([C@@]2(C)NC(=O)N(CC(=O)N3CCCCCC3)C2=O)cc1. The fraction of sp³-hybridized carbons (Fsp3) is 0.526. The quantitative estimate of drug-likeness (QED) is 0.855. The molecule has 2 aliphatic heterocycles. The van der Waals surface area contributed by atoms with Crippen LogP contribution in [0.5, 0.6) is 0 Å². The molecule has 134 valence electrons. The second kappa shape index (κ2) is 6.86. The molecule has 1 aromatic rings. The average Bonchev–Trinajstić information content (AvgIpc) is 2.81. The summed E-state index contributed by atoms with van der Waals surface area (Å²) in [6.45, 7) is 4.88. The predicted molar refractivity (Wildman–Crippen MR) is 93.8 cm³/mol. The fourth-order valence-corrected chi connectivity index (χ4v) is 3.48. The molecule has 1 N–H and O–H groups in total. The Balaban J connectivity index is 1.74. The number of imide groups is 1. The van der Waals surface area contributed by atoms with Crippen molar-refractivity contribution in [3.8, 4) is 0 Å². The van der Waals surface area contributed by atoms with Crippen molar-refractivity contribution in [2.24, 2.45) is 0 Å². The molecular weight excluding hydrogens is 318 g/mol. The van der Waals surface area contributed by atoms with E-state index in [1.807, 2.05) is 31.2 Å². The smallest absolute Gasteiger partial charge is 0.325 e. The van der Waals surface area contributed by atoms with Crippen LogP contribution in [0.4, 0.5) is 4.79 Å². The molecule has 4 amide bonds. The van der Waals surface area contributed by atoms with Gasteiger partial charge in [-0.25, -0.2) is 4.79 Å². The zero-order valence-electron chi connectivity index (χ0n) is 14.9. The fourth-order valence-electron chi connectivity index (χ4n) is 3.48. The van der Waals surface area contributed by atoms with Gasteiger partial charge >= 0.3 is 6.03 Å². The Hall–Kier alpha value is -2.37. The van der Waals surface area contributed by atoms with Crippen LogP contribution in [-0.2, 0) is 15.1 Å². The Morgan fingerprint density at radius 1 is 1.08 bits per heavy atom. The summed E-state index contributed by atoms with van der Waals surface area (Å²) in [6, 6.07) is 6.99. The number of carbonyl (C=O) groups is 3. The molecule has 25 heavy (non-hydrogen) atoms. The minimum atomic E-state index is -1.12. The number of nitrogens with one attached hydrogen (secondary N) is 1. The number of hydrogen-bond acceptors (Lipinski definition) is 3. The number of urea groups is 1. The molecule has 0 radical (unpaired) electrons. The van der Waals surface area contributed by atoms with Crippen LogP contribution in [0.1, 0.15) is 43.7 Å². The van der Waals surface area contributed by atoms with Crippen LogP contribution in [-0.4, -0.2) is 47.3 Å². The second-order valence-corrected chi connectivity index (χ2v) is 7.11. The molecule has 1 atom stereocenters. The van der Waals surface area contributed by atoms with Crippen molar-refractivity contribution in [2.45, 2.75) is 45.1 Å². The minimum Gasteiger partial charge on any atom is -0.341 e. The molecule has 1 aromatic carbocycles. The van der Waals surface area contributed by atoms with Gasteiger partial charge in [0.1, 0.15) is 12.1 Å². The lowest BCUT2D eigenvalue weighted by molar-refractivity contribution is -0.138. The van der Waals surface area contributed by atoms with E-state index in [2.05, 4.69) is 5.32 Å². The Kier molecular flexibility index (Phi) is 4.79. The Morgan fingerprint density at radius 3 is 2.28 bits per heavy atom. The van der Waals surface area contributed by atoms with Crippen molar-refractivity contribution in [3.63, 3.8) is 0 Å². The van der Waals surface area contributed by atoms with E-state index in [1.165, 1.54) is 0 Å². The summed E-state index contributed by atoms with van der Waals surface area (Å²) in [7, 11) is 0. The normalized spacial score (nSPS) is 24.2. The summed E-state index contributed by atoms with van der Waals surface area (Å²) in [5.41, 5.74) is 0.683. The second-order valence-electron chi connectivity index (χ2n) is 7.11. The van der Waals surface area contributed by atoms with E-state index in [9.17, 15) is 14.4 Å². The monoisotopic (exact) mass is 343 g/mol. The van der Waals surface area contributed by atoms with Crippen LogP contribution in [0.2, 0.25) is 0 Å². The third kappa shape index (κ3) is 3.38. The summed E-state index contributed by atoms with van der Waals surface area (Å²) in [5, 5.41) is 2.75. The summed E-state index contributed by atoms with van der Waals surface area (Å²) in [4.78, 5) is 40.6. The first-order valence-electron chi connectivity index (χ1n) is 8.91. The molecule has 6 heteroatoms. The molecule has 6 nitrogen and oxygen atoms in total. The standard InChI is InChI=1S/C19H25N3O3/c1-14-7-9-15(10-8-14)19(2)17(24)22(18(25)20-19)13-16(23)21-11-5-3-4-6-12-21/h7-10H,3-6,11-13H2,1-2H3,(H,20,25)/t19-/m1/s1. The first-order chi connectivity index (χ1) is 11.9. The van der Waals surface area contributed by atoms with Crippen molar-refractivity contribution >= 4 is 17.8 Å². The van der Waals surface area contributed by atoms with Gasteiger partial charge in [0.2, 0.25) is 5.91 Å². The Labute approximate surface area is 148 Å². The molecule has 3 rings (SSSR count). The third-order valence-corrected chi connectivity index (χ3v) is 5.16. The van der Waals surface area contributed by atoms with Crippen LogP contribution < -0.4 is 5.32 Å². The molecule has 2 fully saturated rings. The first kappa shape index (κ1) is 17.5. The molecular formula is C19H25N3O3. The van der Waals surface area contributed by atoms with Crippen LogP contribution in [0.25, 0.3) is 0 Å². The molecule has 2 saturated heterocycles. The summed E-state index contributed by atoms with van der Waals surface area (Å²) in [6.07, 6.45) is 4.21. The van der Waals surface area contributed by atoms with Gasteiger partial charge in [-0.05, 0) is 32.3 Å². The van der Waals surface area contributed by atoms with Gasteiger partial charge in [-0.3, -0.25) is 14.5 Å². The molecule has 0 aliphatic carbocycles. The van der Waals surface area contributed by atoms with Crippen LogP contribution in [0.15, 0.2) is 24.3 Å². The average molecular weight is 343 g/mol. The maximum atomic E-state index is 12.9. The summed E-state index contributed by atoms with van der Waals surface area (Å²) in [5.74, 6) is -0.525. The zero-order valence-corrected chi connectivity index (χ0v) is 14.9. The van der Waals surface area contributed by atoms with E-state index in [4.69, 9.17) is 0 Å². The summed E-state index contributed by atoms with van der Waals surface area (Å²) < 4.78 is 0. The molecule has 0 saturated carbocycles. The number of aryl methyl sites for hydroxylation is 1. The largest absolute Gasteiger partial charge is 0.341 e. The summed E-state index contributed by atoms with van der Waals surface area (Å²) >= 11 is 0. The topological polar surface area (TPSA) is 69.7 Å². The number of carbonyl (C=O) groups excluding carboxylic acids is 3. The van der Waals surface area contributed by atoms with Gasteiger partial charge in [-0.2, -0.15) is 0 Å². The van der Waals surface area contributed by atoms with Gasteiger partial charge in [0.25, 0.3) is 5.91 Å². The molecule has 2 heterocycles. The van der Waals surface area contributed by atoms with Gasteiger partial charge in [0.05, 0.1) is 0 Å². The van der Waals surface area contributed by atoms with E-state index in [0.717, 1.165) is 41.7 Å². The van der Waals surface area contributed by atoms with E-state index in [-0.39, 0.29) is 18.4 Å². The van der Waals surface area contributed by atoms with Gasteiger partial charge in [-0.1, -0.05) is 42.7 Å². The van der Waals surface area contributed by atoms with Gasteiger partial charge in [-0.15, -0.1) is 0 Å². The van der Waals surface area contributed by atoms with Crippen LogP contribution >= 0.6 is 0 Å². The van der Waals surface area contributed by atoms with Crippen molar-refractivity contribution in [1.82, 2.24) is 15.1 Å². The van der Waals surface area contributed by atoms with E-state index < -0.39 is 11.6 Å². The third-order valence-electron chi connectivity index (χ3n) is 5.16. The number of amides is 4. The number of hydrogen-bond donors (Lipinski definition) is 1. The lowest BCUT2D eigenvalue weighted by atomic mass is 9.91. The highest BCUT2D eigenvalue weighted by atomic mass is 16.2. The minimum absolute atomic E-state index is 0.154. The zero-order chi connectivity index (χ0) is 18.0. The van der Waals surface area contributed by atoms with Gasteiger partial charge in [0.15, 0.2) is 0 Å². The van der Waals surface area contributed by atoms with E-state index in [1.54, 1.807) is 11.8 Å². The number of nitrogens with zero attached hydrogens (tertiary/aromatic N) is 2. The number of likely N-dealkylation sites (tertiary alicyclic amines) is 1. The molecule has 0 spiro atoms. The first-order valence-corrected chi connectivity index (χ1v) is 8.91. The molecule has 0 unspecified atom stereocenters. The van der Waals surface area contributed by atoms with Crippen LogP contribution in [0.3, 0.4) is 0 Å². The van der Waals surface area contributed by atoms with E-state index >= 15 is 0 Å². The van der Waals surface area contributed by atoms with Gasteiger partial charge < -0.3 is 10.2 Å². The predicted octanol–water partition coefficient (Wildman–Crippen LogP) is 2.16. The molecule has 0 bridgehead atoms. The number of benzene rings is 1. The van der Waals surface area contributed by atoms with Gasteiger partial charge in [0, 0.05) is 13.1 Å². The van der Waals surface area contributed by atoms with Crippen molar-refractivity contribution in [2.75, 3.05) is 19.6 Å². The highest BCUT2D eigenvalue weighted by molar-refractivity contribution is 6.09. The van der Waals surface area contributed by atoms with E-state index in [0.29, 0.717) is 13.1 Å².